The van der Waals surface area contributed by atoms with Gasteiger partial charge in [0, 0.05) is 30.2 Å². The van der Waals surface area contributed by atoms with Crippen molar-refractivity contribution in [3.63, 3.8) is 0 Å². The van der Waals surface area contributed by atoms with Crippen molar-refractivity contribution < 1.29 is 14.3 Å². The maximum atomic E-state index is 12.0. The Labute approximate surface area is 119 Å². The van der Waals surface area contributed by atoms with E-state index in [0.717, 1.165) is 17.6 Å². The van der Waals surface area contributed by atoms with E-state index < -0.39 is 6.10 Å². The predicted octanol–water partition coefficient (Wildman–Crippen LogP) is 0.922. The zero-order chi connectivity index (χ0) is 13.2. The molecule has 1 aromatic rings. The van der Waals surface area contributed by atoms with Gasteiger partial charge < -0.3 is 20.1 Å². The van der Waals surface area contributed by atoms with Gasteiger partial charge in [-0.15, -0.1) is 0 Å². The molecule has 102 valence electrons. The number of hydrogen-bond acceptors (Lipinski definition) is 5. The van der Waals surface area contributed by atoms with Gasteiger partial charge in [-0.1, -0.05) is 0 Å². The number of carbonyl (C=O) groups is 1. The van der Waals surface area contributed by atoms with Gasteiger partial charge in [0.15, 0.2) is 17.7 Å². The largest absolute Gasteiger partial charge is 0.477 e. The summed E-state index contributed by atoms with van der Waals surface area (Å²) in [5, 5.41) is 5.99. The second kappa shape index (κ2) is 5.44. The molecule has 0 aliphatic carbocycles. The summed E-state index contributed by atoms with van der Waals surface area (Å²) in [4.78, 5) is 16.1. The molecule has 0 radical (unpaired) electrons. The van der Waals surface area contributed by atoms with E-state index in [1.165, 1.54) is 0 Å². The Kier molecular flexibility index (Phi) is 3.67. The number of carbonyl (C=O) groups excluding carboxylic acids is 1. The number of aromatic nitrogens is 1. The average molecular weight is 328 g/mol. The molecule has 2 aliphatic rings. The normalized spacial score (nSPS) is 26.3. The molecule has 19 heavy (non-hydrogen) atoms. The summed E-state index contributed by atoms with van der Waals surface area (Å²) < 4.78 is 12.1. The van der Waals surface area contributed by atoms with Crippen molar-refractivity contribution in [3.8, 4) is 5.75 Å². The number of ether oxygens (including phenoxy) is 2. The molecular formula is C12H14BrN3O3. The summed E-state index contributed by atoms with van der Waals surface area (Å²) in [7, 11) is 0. The molecule has 0 saturated carbocycles. The second-order valence-corrected chi connectivity index (χ2v) is 5.44. The average Bonchev–Trinajstić information content (AvgIpc) is 2.41. The topological polar surface area (TPSA) is 72.5 Å². The van der Waals surface area contributed by atoms with Crippen molar-refractivity contribution in [1.29, 1.82) is 0 Å². The lowest BCUT2D eigenvalue weighted by Gasteiger charge is -2.30. The van der Waals surface area contributed by atoms with E-state index in [2.05, 4.69) is 31.5 Å². The Morgan fingerprint density at radius 2 is 2.42 bits per heavy atom. The van der Waals surface area contributed by atoms with Gasteiger partial charge in [0.05, 0.1) is 12.7 Å². The molecule has 1 fully saturated rings. The number of morpholine rings is 1. The Balaban J connectivity index is 1.71. The SMILES string of the molecule is O=C1Nc2ncc(Br)cc2OC1CC1CNCCO1. The quantitative estimate of drug-likeness (QED) is 0.845. The predicted molar refractivity (Wildman–Crippen MR) is 72.2 cm³/mol. The molecule has 1 amide bonds. The Morgan fingerprint density at radius 1 is 1.53 bits per heavy atom. The number of fused-ring (bicyclic) bond motifs is 1. The van der Waals surface area contributed by atoms with E-state index in [0.29, 0.717) is 24.6 Å². The second-order valence-electron chi connectivity index (χ2n) is 4.53. The Bertz CT molecular complexity index is 491. The van der Waals surface area contributed by atoms with E-state index in [1.54, 1.807) is 12.3 Å². The molecule has 2 aliphatic heterocycles. The fraction of sp³-hybridized carbons (Fsp3) is 0.500. The molecular weight excluding hydrogens is 314 g/mol. The van der Waals surface area contributed by atoms with Crippen LogP contribution in [0.15, 0.2) is 16.7 Å². The van der Waals surface area contributed by atoms with Crippen LogP contribution < -0.4 is 15.4 Å². The summed E-state index contributed by atoms with van der Waals surface area (Å²) in [6, 6.07) is 1.80. The number of rotatable bonds is 2. The highest BCUT2D eigenvalue weighted by Crippen LogP contribution is 2.31. The molecule has 6 nitrogen and oxygen atoms in total. The maximum Gasteiger partial charge on any atom is 0.266 e. The van der Waals surface area contributed by atoms with Crippen LogP contribution in [0.2, 0.25) is 0 Å². The van der Waals surface area contributed by atoms with E-state index in [9.17, 15) is 4.79 Å². The zero-order valence-corrected chi connectivity index (χ0v) is 11.8. The molecule has 0 aromatic carbocycles. The number of hydrogen-bond donors (Lipinski definition) is 2. The van der Waals surface area contributed by atoms with E-state index in [-0.39, 0.29) is 12.0 Å². The first-order chi connectivity index (χ1) is 9.22. The van der Waals surface area contributed by atoms with Crippen molar-refractivity contribution >= 4 is 27.7 Å². The lowest BCUT2D eigenvalue weighted by molar-refractivity contribution is -0.125. The third kappa shape index (κ3) is 2.88. The van der Waals surface area contributed by atoms with E-state index in [1.807, 2.05) is 0 Å². The van der Waals surface area contributed by atoms with Gasteiger partial charge in [0.1, 0.15) is 0 Å². The molecule has 2 unspecified atom stereocenters. The minimum atomic E-state index is -0.534. The van der Waals surface area contributed by atoms with Crippen LogP contribution in [0.1, 0.15) is 6.42 Å². The van der Waals surface area contributed by atoms with Gasteiger partial charge in [-0.2, -0.15) is 0 Å². The molecule has 7 heteroatoms. The fourth-order valence-electron chi connectivity index (χ4n) is 2.17. The van der Waals surface area contributed by atoms with E-state index in [4.69, 9.17) is 9.47 Å². The maximum absolute atomic E-state index is 12.0. The van der Waals surface area contributed by atoms with Gasteiger partial charge >= 0.3 is 0 Å². The molecule has 3 heterocycles. The lowest BCUT2D eigenvalue weighted by Crippen LogP contribution is -2.45. The van der Waals surface area contributed by atoms with Gasteiger partial charge in [0.25, 0.3) is 5.91 Å². The first kappa shape index (κ1) is 12.8. The summed E-state index contributed by atoms with van der Waals surface area (Å²) in [6.45, 7) is 2.27. The summed E-state index contributed by atoms with van der Waals surface area (Å²) in [5.74, 6) is 0.881. The Morgan fingerprint density at radius 3 is 3.21 bits per heavy atom. The van der Waals surface area contributed by atoms with Crippen LogP contribution in [-0.2, 0) is 9.53 Å². The van der Waals surface area contributed by atoms with Gasteiger partial charge in [-0.3, -0.25) is 4.79 Å². The van der Waals surface area contributed by atoms with Crippen LogP contribution in [0, 0.1) is 0 Å². The zero-order valence-electron chi connectivity index (χ0n) is 10.2. The highest BCUT2D eigenvalue weighted by molar-refractivity contribution is 9.10. The molecule has 1 aromatic heterocycles. The smallest absolute Gasteiger partial charge is 0.266 e. The molecule has 1 saturated heterocycles. The minimum absolute atomic E-state index is 0.00571. The first-order valence-electron chi connectivity index (χ1n) is 6.18. The fourth-order valence-corrected chi connectivity index (χ4v) is 2.48. The standard InChI is InChI=1S/C12H14BrN3O3/c13-7-3-9-11(15-5-7)16-12(17)10(19-9)4-8-6-14-1-2-18-8/h3,5,8,10,14H,1-2,4,6H2,(H,15,16,17). The molecule has 3 rings (SSSR count). The van der Waals surface area contributed by atoms with Gasteiger partial charge in [-0.25, -0.2) is 4.98 Å². The lowest BCUT2D eigenvalue weighted by atomic mass is 10.1. The number of pyridine rings is 1. The van der Waals surface area contributed by atoms with Gasteiger partial charge in [0.2, 0.25) is 0 Å². The highest BCUT2D eigenvalue weighted by Gasteiger charge is 2.31. The summed E-state index contributed by atoms with van der Waals surface area (Å²) in [6.07, 6.45) is 1.63. The number of halogens is 1. The molecule has 2 N–H and O–H groups in total. The van der Waals surface area contributed by atoms with Crippen LogP contribution in [-0.4, -0.2) is 42.8 Å². The monoisotopic (exact) mass is 327 g/mol. The molecule has 2 atom stereocenters. The van der Waals surface area contributed by atoms with Crippen molar-refractivity contribution in [1.82, 2.24) is 10.3 Å². The van der Waals surface area contributed by atoms with Crippen molar-refractivity contribution in [3.05, 3.63) is 16.7 Å². The number of amides is 1. The summed E-state index contributed by atoms with van der Waals surface area (Å²) >= 11 is 3.33. The molecule has 0 bridgehead atoms. The van der Waals surface area contributed by atoms with Crippen molar-refractivity contribution in [2.24, 2.45) is 0 Å². The third-order valence-corrected chi connectivity index (χ3v) is 3.54. The van der Waals surface area contributed by atoms with Crippen molar-refractivity contribution in [2.75, 3.05) is 25.0 Å². The first-order valence-corrected chi connectivity index (χ1v) is 6.97. The number of nitrogens with one attached hydrogen (secondary N) is 2. The van der Waals surface area contributed by atoms with Crippen LogP contribution in [0.5, 0.6) is 5.75 Å². The summed E-state index contributed by atoms with van der Waals surface area (Å²) in [5.41, 5.74) is 0. The number of nitrogens with zero attached hydrogens (tertiary/aromatic N) is 1. The highest BCUT2D eigenvalue weighted by atomic mass is 79.9. The minimum Gasteiger partial charge on any atom is -0.477 e. The van der Waals surface area contributed by atoms with Crippen LogP contribution in [0.4, 0.5) is 5.82 Å². The van der Waals surface area contributed by atoms with Gasteiger partial charge in [-0.05, 0) is 22.0 Å². The third-order valence-electron chi connectivity index (χ3n) is 3.10. The van der Waals surface area contributed by atoms with Crippen LogP contribution in [0.25, 0.3) is 0 Å². The van der Waals surface area contributed by atoms with E-state index >= 15 is 0 Å². The van der Waals surface area contributed by atoms with Crippen molar-refractivity contribution in [2.45, 2.75) is 18.6 Å². The van der Waals surface area contributed by atoms with Crippen LogP contribution in [0.3, 0.4) is 0 Å². The number of anilines is 1. The van der Waals surface area contributed by atoms with Crippen LogP contribution >= 0.6 is 15.9 Å². The Hall–Kier alpha value is -1.18. The molecule has 0 spiro atoms.